The van der Waals surface area contributed by atoms with E-state index >= 15 is 0 Å². The molecule has 0 radical (unpaired) electrons. The number of halogens is 1. The van der Waals surface area contributed by atoms with Crippen molar-refractivity contribution in [2.45, 2.75) is 13.8 Å². The maximum absolute atomic E-state index is 12.4. The molecule has 2 aromatic rings. The van der Waals surface area contributed by atoms with E-state index in [4.69, 9.17) is 30.5 Å². The number of hydrogen-bond acceptors (Lipinski definition) is 6. The number of methoxy groups -OCH3 is 2. The highest BCUT2D eigenvalue weighted by atomic mass is 35.5. The monoisotopic (exact) mass is 406 g/mol. The van der Waals surface area contributed by atoms with Crippen LogP contribution in [0.5, 0.6) is 23.0 Å². The van der Waals surface area contributed by atoms with Gasteiger partial charge in [0.25, 0.3) is 5.91 Å². The average Bonchev–Trinajstić information content (AvgIpc) is 2.69. The molecule has 2 rings (SSSR count). The van der Waals surface area contributed by atoms with Gasteiger partial charge >= 0.3 is 0 Å². The Morgan fingerprint density at radius 1 is 1.04 bits per heavy atom. The Bertz CT molecular complexity index is 855. The summed E-state index contributed by atoms with van der Waals surface area (Å²) < 4.78 is 21.4. The van der Waals surface area contributed by atoms with Gasteiger partial charge in [-0.15, -0.1) is 0 Å². The minimum Gasteiger partial charge on any atom is -0.493 e. The Labute approximate surface area is 169 Å². The predicted octanol–water partition coefficient (Wildman–Crippen LogP) is 3.92. The van der Waals surface area contributed by atoms with Gasteiger partial charge in [0.2, 0.25) is 0 Å². The molecule has 0 bridgehead atoms. The number of rotatable bonds is 9. The van der Waals surface area contributed by atoms with Crippen LogP contribution in [0.3, 0.4) is 0 Å². The minimum atomic E-state index is -0.383. The second-order valence-corrected chi connectivity index (χ2v) is 5.87. The summed E-state index contributed by atoms with van der Waals surface area (Å²) in [6.07, 6.45) is 1.46. The maximum atomic E-state index is 12.4. The molecule has 0 heterocycles. The molecule has 0 fully saturated rings. The topological polar surface area (TPSA) is 78.4 Å². The van der Waals surface area contributed by atoms with E-state index in [1.807, 2.05) is 13.8 Å². The van der Waals surface area contributed by atoms with Gasteiger partial charge in [-0.2, -0.15) is 5.10 Å². The standard InChI is InChI=1S/C20H23ClN2O5/c1-5-27-16-8-7-14(11-17(16)28-6-2)20(24)23-22-12-13-9-15(21)19(26-4)18(10-13)25-3/h7-12H,5-6H2,1-4H3,(H,23,24)/b22-12+. The van der Waals surface area contributed by atoms with Crippen LogP contribution in [0.1, 0.15) is 29.8 Å². The summed E-state index contributed by atoms with van der Waals surface area (Å²) in [5, 5.41) is 4.35. The van der Waals surface area contributed by atoms with Crippen LogP contribution in [0.4, 0.5) is 0 Å². The van der Waals surface area contributed by atoms with Crippen molar-refractivity contribution in [2.24, 2.45) is 5.10 Å². The fraction of sp³-hybridized carbons (Fsp3) is 0.300. The van der Waals surface area contributed by atoms with Crippen molar-refractivity contribution >= 4 is 23.7 Å². The Kier molecular flexibility index (Phi) is 7.95. The molecule has 2 aromatic carbocycles. The van der Waals surface area contributed by atoms with Crippen molar-refractivity contribution in [3.8, 4) is 23.0 Å². The van der Waals surface area contributed by atoms with Crippen LogP contribution in [0.2, 0.25) is 5.02 Å². The predicted molar refractivity (Wildman–Crippen MR) is 108 cm³/mol. The molecule has 8 heteroatoms. The van der Waals surface area contributed by atoms with E-state index in [-0.39, 0.29) is 5.91 Å². The number of ether oxygens (including phenoxy) is 4. The number of benzene rings is 2. The van der Waals surface area contributed by atoms with Crippen molar-refractivity contribution in [2.75, 3.05) is 27.4 Å². The Morgan fingerprint density at radius 3 is 2.39 bits per heavy atom. The second kappa shape index (κ2) is 10.4. The lowest BCUT2D eigenvalue weighted by atomic mass is 10.2. The third-order valence-corrected chi connectivity index (χ3v) is 3.92. The van der Waals surface area contributed by atoms with Gasteiger partial charge in [0.05, 0.1) is 38.7 Å². The first-order valence-corrected chi connectivity index (χ1v) is 9.06. The molecule has 1 amide bonds. The van der Waals surface area contributed by atoms with Crippen molar-refractivity contribution < 1.29 is 23.7 Å². The quantitative estimate of drug-likeness (QED) is 0.504. The lowest BCUT2D eigenvalue weighted by Gasteiger charge is -2.12. The van der Waals surface area contributed by atoms with Crippen LogP contribution >= 0.6 is 11.6 Å². The molecule has 0 unspecified atom stereocenters. The van der Waals surface area contributed by atoms with Gasteiger partial charge in [-0.25, -0.2) is 5.43 Å². The molecule has 1 N–H and O–H groups in total. The van der Waals surface area contributed by atoms with Gasteiger partial charge in [-0.05, 0) is 49.7 Å². The van der Waals surface area contributed by atoms with Crippen molar-refractivity contribution in [1.82, 2.24) is 5.43 Å². The van der Waals surface area contributed by atoms with E-state index in [0.29, 0.717) is 52.4 Å². The van der Waals surface area contributed by atoms with Crippen molar-refractivity contribution in [1.29, 1.82) is 0 Å². The molecular formula is C20H23ClN2O5. The zero-order valence-electron chi connectivity index (χ0n) is 16.2. The van der Waals surface area contributed by atoms with Crippen LogP contribution in [-0.4, -0.2) is 39.6 Å². The highest BCUT2D eigenvalue weighted by molar-refractivity contribution is 6.32. The van der Waals surface area contributed by atoms with Gasteiger partial charge in [0, 0.05) is 5.56 Å². The molecule has 0 spiro atoms. The largest absolute Gasteiger partial charge is 0.493 e. The maximum Gasteiger partial charge on any atom is 0.271 e. The van der Waals surface area contributed by atoms with E-state index in [0.717, 1.165) is 0 Å². The molecule has 0 aliphatic heterocycles. The third-order valence-electron chi connectivity index (χ3n) is 3.64. The van der Waals surface area contributed by atoms with Crippen LogP contribution in [0.25, 0.3) is 0 Å². The number of nitrogens with zero attached hydrogens (tertiary/aromatic N) is 1. The lowest BCUT2D eigenvalue weighted by Crippen LogP contribution is -2.17. The molecule has 0 aromatic heterocycles. The summed E-state index contributed by atoms with van der Waals surface area (Å²) in [6, 6.07) is 8.31. The normalized spacial score (nSPS) is 10.6. The van der Waals surface area contributed by atoms with Gasteiger partial charge in [0.15, 0.2) is 23.0 Å². The fourth-order valence-corrected chi connectivity index (χ4v) is 2.73. The summed E-state index contributed by atoms with van der Waals surface area (Å²) in [7, 11) is 3.02. The van der Waals surface area contributed by atoms with Crippen LogP contribution < -0.4 is 24.4 Å². The molecule has 0 atom stereocenters. The van der Waals surface area contributed by atoms with E-state index in [9.17, 15) is 4.79 Å². The van der Waals surface area contributed by atoms with E-state index in [1.165, 1.54) is 20.4 Å². The average molecular weight is 407 g/mol. The molecule has 0 aliphatic carbocycles. The summed E-state index contributed by atoms with van der Waals surface area (Å²) in [4.78, 5) is 12.4. The second-order valence-electron chi connectivity index (χ2n) is 5.46. The summed E-state index contributed by atoms with van der Waals surface area (Å²) >= 11 is 6.16. The highest BCUT2D eigenvalue weighted by Crippen LogP contribution is 2.35. The Hall–Kier alpha value is -2.93. The highest BCUT2D eigenvalue weighted by Gasteiger charge is 2.12. The summed E-state index contributed by atoms with van der Waals surface area (Å²) in [5.74, 6) is 1.61. The van der Waals surface area contributed by atoms with E-state index < -0.39 is 0 Å². The first kappa shape index (κ1) is 21.4. The molecule has 150 valence electrons. The molecule has 28 heavy (non-hydrogen) atoms. The first-order valence-electron chi connectivity index (χ1n) is 8.68. The zero-order chi connectivity index (χ0) is 20.5. The number of hydrogen-bond donors (Lipinski definition) is 1. The molecule has 7 nitrogen and oxygen atoms in total. The van der Waals surface area contributed by atoms with Gasteiger partial charge in [0.1, 0.15) is 0 Å². The number of hydrazone groups is 1. The van der Waals surface area contributed by atoms with Crippen molar-refractivity contribution in [3.63, 3.8) is 0 Å². The molecule has 0 aliphatic rings. The molecular weight excluding hydrogens is 384 g/mol. The molecule has 0 saturated carbocycles. The van der Waals surface area contributed by atoms with Gasteiger partial charge in [-0.3, -0.25) is 4.79 Å². The van der Waals surface area contributed by atoms with Gasteiger partial charge in [-0.1, -0.05) is 11.6 Å². The third kappa shape index (κ3) is 5.29. The number of carbonyl (C=O) groups excluding carboxylic acids is 1. The number of nitrogens with one attached hydrogen (secondary N) is 1. The summed E-state index contributed by atoms with van der Waals surface area (Å²) in [5.41, 5.74) is 3.51. The van der Waals surface area contributed by atoms with E-state index in [1.54, 1.807) is 30.3 Å². The summed E-state index contributed by atoms with van der Waals surface area (Å²) in [6.45, 7) is 4.71. The van der Waals surface area contributed by atoms with Crippen LogP contribution in [-0.2, 0) is 0 Å². The van der Waals surface area contributed by atoms with Crippen molar-refractivity contribution in [3.05, 3.63) is 46.5 Å². The SMILES string of the molecule is CCOc1ccc(C(=O)N/N=C/c2cc(Cl)c(OC)c(OC)c2)cc1OCC. The lowest BCUT2D eigenvalue weighted by molar-refractivity contribution is 0.0954. The first-order chi connectivity index (χ1) is 13.5. The number of carbonyl (C=O) groups is 1. The zero-order valence-corrected chi connectivity index (χ0v) is 17.0. The van der Waals surface area contributed by atoms with Crippen LogP contribution in [0, 0.1) is 0 Å². The minimum absolute atomic E-state index is 0.377. The van der Waals surface area contributed by atoms with Crippen LogP contribution in [0.15, 0.2) is 35.4 Å². The fourth-order valence-electron chi connectivity index (χ4n) is 2.43. The van der Waals surface area contributed by atoms with Gasteiger partial charge < -0.3 is 18.9 Å². The smallest absolute Gasteiger partial charge is 0.271 e. The Balaban J connectivity index is 2.13. The van der Waals surface area contributed by atoms with E-state index in [2.05, 4.69) is 10.5 Å². The number of amides is 1. The molecule has 0 saturated heterocycles. The Morgan fingerprint density at radius 2 is 1.75 bits per heavy atom.